The Morgan fingerprint density at radius 3 is 2.89 bits per heavy atom. The minimum absolute atomic E-state index is 0.167. The monoisotopic (exact) mass is 274 g/mol. The van der Waals surface area contributed by atoms with Gasteiger partial charge in [-0.15, -0.1) is 0 Å². The van der Waals surface area contributed by atoms with Crippen LogP contribution in [0.4, 0.5) is 11.5 Å². The van der Waals surface area contributed by atoms with E-state index in [1.54, 1.807) is 31.5 Å². The SMILES string of the molecule is COc1cc(C#N)ccc1Nc1nc(Cl)ncc1C. The van der Waals surface area contributed by atoms with E-state index >= 15 is 0 Å². The number of nitriles is 1. The quantitative estimate of drug-likeness (QED) is 0.871. The lowest BCUT2D eigenvalue weighted by Gasteiger charge is -2.12. The molecule has 1 heterocycles. The number of hydrogen-bond acceptors (Lipinski definition) is 5. The number of ether oxygens (including phenoxy) is 1. The first-order valence-electron chi connectivity index (χ1n) is 5.48. The molecule has 2 rings (SSSR count). The van der Waals surface area contributed by atoms with Gasteiger partial charge >= 0.3 is 0 Å². The molecule has 0 saturated carbocycles. The van der Waals surface area contributed by atoms with Crippen molar-refractivity contribution in [3.05, 3.63) is 40.8 Å². The lowest BCUT2D eigenvalue weighted by atomic mass is 10.2. The normalized spacial score (nSPS) is 9.79. The zero-order chi connectivity index (χ0) is 13.8. The molecule has 19 heavy (non-hydrogen) atoms. The molecule has 0 radical (unpaired) electrons. The second-order valence-electron chi connectivity index (χ2n) is 3.82. The van der Waals surface area contributed by atoms with Crippen molar-refractivity contribution in [2.75, 3.05) is 12.4 Å². The van der Waals surface area contributed by atoms with Crippen molar-refractivity contribution in [3.8, 4) is 11.8 Å². The third kappa shape index (κ3) is 2.92. The molecule has 0 spiro atoms. The van der Waals surface area contributed by atoms with Gasteiger partial charge in [0.1, 0.15) is 11.6 Å². The average Bonchev–Trinajstić information content (AvgIpc) is 2.43. The van der Waals surface area contributed by atoms with E-state index in [9.17, 15) is 0 Å². The number of hydrogen-bond donors (Lipinski definition) is 1. The van der Waals surface area contributed by atoms with E-state index in [1.165, 1.54) is 0 Å². The fraction of sp³-hybridized carbons (Fsp3) is 0.154. The summed E-state index contributed by atoms with van der Waals surface area (Å²) < 4.78 is 5.24. The highest BCUT2D eigenvalue weighted by Gasteiger charge is 2.08. The number of benzene rings is 1. The van der Waals surface area contributed by atoms with Crippen molar-refractivity contribution in [3.63, 3.8) is 0 Å². The van der Waals surface area contributed by atoms with Gasteiger partial charge in [0.05, 0.1) is 24.4 Å². The van der Waals surface area contributed by atoms with Crippen LogP contribution in [0.2, 0.25) is 5.28 Å². The summed E-state index contributed by atoms with van der Waals surface area (Å²) in [7, 11) is 1.54. The Morgan fingerprint density at radius 1 is 1.42 bits per heavy atom. The topological polar surface area (TPSA) is 70.8 Å². The minimum Gasteiger partial charge on any atom is -0.495 e. The molecule has 96 valence electrons. The van der Waals surface area contributed by atoms with Crippen molar-refractivity contribution in [2.45, 2.75) is 6.92 Å². The van der Waals surface area contributed by atoms with Crippen LogP contribution in [0.3, 0.4) is 0 Å². The zero-order valence-corrected chi connectivity index (χ0v) is 11.2. The van der Waals surface area contributed by atoms with Crippen molar-refractivity contribution in [1.82, 2.24) is 9.97 Å². The van der Waals surface area contributed by atoms with Gasteiger partial charge in [-0.3, -0.25) is 0 Å². The van der Waals surface area contributed by atoms with Gasteiger partial charge in [-0.1, -0.05) is 0 Å². The fourth-order valence-electron chi connectivity index (χ4n) is 1.54. The molecule has 5 nitrogen and oxygen atoms in total. The Bertz CT molecular complexity index is 652. The highest BCUT2D eigenvalue weighted by atomic mass is 35.5. The number of halogens is 1. The van der Waals surface area contributed by atoms with E-state index in [2.05, 4.69) is 21.4 Å². The molecule has 0 amide bonds. The maximum absolute atomic E-state index is 8.85. The van der Waals surface area contributed by atoms with Crippen LogP contribution in [0.5, 0.6) is 5.75 Å². The van der Waals surface area contributed by atoms with Crippen LogP contribution in [0, 0.1) is 18.3 Å². The summed E-state index contributed by atoms with van der Waals surface area (Å²) in [6.07, 6.45) is 1.63. The van der Waals surface area contributed by atoms with Crippen LogP contribution < -0.4 is 10.1 Å². The van der Waals surface area contributed by atoms with Crippen LogP contribution in [-0.4, -0.2) is 17.1 Å². The summed E-state index contributed by atoms with van der Waals surface area (Å²) >= 11 is 5.77. The second kappa shape index (κ2) is 5.55. The van der Waals surface area contributed by atoms with Crippen molar-refractivity contribution in [1.29, 1.82) is 5.26 Å². The molecule has 0 atom stereocenters. The van der Waals surface area contributed by atoms with Gasteiger partial charge in [0.2, 0.25) is 5.28 Å². The molecule has 2 aromatic rings. The van der Waals surface area contributed by atoms with Crippen LogP contribution >= 0.6 is 11.6 Å². The van der Waals surface area contributed by atoms with Crippen molar-refractivity contribution in [2.24, 2.45) is 0 Å². The Balaban J connectivity index is 2.38. The molecule has 0 saturated heterocycles. The lowest BCUT2D eigenvalue weighted by Crippen LogP contribution is -2.00. The third-order valence-corrected chi connectivity index (χ3v) is 2.71. The number of methoxy groups -OCH3 is 1. The molecule has 0 aliphatic rings. The molecule has 0 fully saturated rings. The number of rotatable bonds is 3. The first-order chi connectivity index (χ1) is 9.13. The van der Waals surface area contributed by atoms with Gasteiger partial charge in [-0.25, -0.2) is 9.97 Å². The average molecular weight is 275 g/mol. The van der Waals surface area contributed by atoms with E-state index < -0.39 is 0 Å². The standard InChI is InChI=1S/C13H11ClN4O/c1-8-7-16-13(14)18-12(8)17-10-4-3-9(6-15)5-11(10)19-2/h3-5,7H,1-2H3,(H,16,17,18). The molecule has 0 unspecified atom stereocenters. The maximum atomic E-state index is 8.85. The van der Waals surface area contributed by atoms with Crippen LogP contribution in [0.1, 0.15) is 11.1 Å². The number of aryl methyl sites for hydroxylation is 1. The minimum atomic E-state index is 0.167. The van der Waals surface area contributed by atoms with Gasteiger partial charge in [0.15, 0.2) is 0 Å². The van der Waals surface area contributed by atoms with E-state index in [1.807, 2.05) is 6.92 Å². The predicted molar refractivity (Wildman–Crippen MR) is 72.8 cm³/mol. The van der Waals surface area contributed by atoms with Crippen LogP contribution in [0.15, 0.2) is 24.4 Å². The van der Waals surface area contributed by atoms with Gasteiger partial charge in [-0.2, -0.15) is 5.26 Å². The molecule has 0 bridgehead atoms. The number of nitrogens with zero attached hydrogens (tertiary/aromatic N) is 3. The summed E-state index contributed by atoms with van der Waals surface area (Å²) in [6, 6.07) is 7.17. The number of aromatic nitrogens is 2. The first kappa shape index (κ1) is 13.1. The summed E-state index contributed by atoms with van der Waals surface area (Å²) in [4.78, 5) is 8.00. The molecule has 0 aliphatic heterocycles. The van der Waals surface area contributed by atoms with E-state index in [0.29, 0.717) is 22.8 Å². The molecule has 0 aliphatic carbocycles. The van der Waals surface area contributed by atoms with E-state index in [4.69, 9.17) is 21.6 Å². The Kier molecular flexibility index (Phi) is 3.83. The van der Waals surface area contributed by atoms with Gasteiger partial charge < -0.3 is 10.1 Å². The predicted octanol–water partition coefficient (Wildman–Crippen LogP) is 3.06. The second-order valence-corrected chi connectivity index (χ2v) is 4.16. The third-order valence-electron chi connectivity index (χ3n) is 2.53. The number of nitrogens with one attached hydrogen (secondary N) is 1. The molecular weight excluding hydrogens is 264 g/mol. The summed E-state index contributed by atoms with van der Waals surface area (Å²) in [5.41, 5.74) is 2.09. The van der Waals surface area contributed by atoms with Crippen molar-refractivity contribution >= 4 is 23.1 Å². The highest BCUT2D eigenvalue weighted by molar-refractivity contribution is 6.28. The van der Waals surface area contributed by atoms with Crippen molar-refractivity contribution < 1.29 is 4.74 Å². The Morgan fingerprint density at radius 2 is 2.21 bits per heavy atom. The largest absolute Gasteiger partial charge is 0.495 e. The van der Waals surface area contributed by atoms with Gasteiger partial charge in [0.25, 0.3) is 0 Å². The zero-order valence-electron chi connectivity index (χ0n) is 10.4. The molecule has 6 heteroatoms. The van der Waals surface area contributed by atoms with E-state index in [-0.39, 0.29) is 5.28 Å². The van der Waals surface area contributed by atoms with Gasteiger partial charge in [-0.05, 0) is 30.7 Å². The van der Waals surface area contributed by atoms with Crippen LogP contribution in [0.25, 0.3) is 0 Å². The Hall–Kier alpha value is -2.32. The van der Waals surface area contributed by atoms with Gasteiger partial charge in [0, 0.05) is 17.8 Å². The van der Waals surface area contributed by atoms with E-state index in [0.717, 1.165) is 5.56 Å². The number of anilines is 2. The smallest absolute Gasteiger partial charge is 0.224 e. The first-order valence-corrected chi connectivity index (χ1v) is 5.86. The molecule has 1 aromatic heterocycles. The summed E-state index contributed by atoms with van der Waals surface area (Å²) in [5, 5.41) is 12.1. The fourth-order valence-corrected chi connectivity index (χ4v) is 1.67. The summed E-state index contributed by atoms with van der Waals surface area (Å²) in [5.74, 6) is 1.16. The molecule has 1 aromatic carbocycles. The summed E-state index contributed by atoms with van der Waals surface area (Å²) in [6.45, 7) is 1.87. The van der Waals surface area contributed by atoms with Crippen LogP contribution in [-0.2, 0) is 0 Å². The maximum Gasteiger partial charge on any atom is 0.224 e. The lowest BCUT2D eigenvalue weighted by molar-refractivity contribution is 0.416. The molecular formula is C13H11ClN4O. The highest BCUT2D eigenvalue weighted by Crippen LogP contribution is 2.29. The Labute approximate surface area is 115 Å². The molecule has 1 N–H and O–H groups in total.